The maximum Gasteiger partial charge on any atom is 0.193 e. The number of aliphatic imine (C=N–C) groups is 1. The molecule has 0 radical (unpaired) electrons. The third-order valence-electron chi connectivity index (χ3n) is 5.11. The van der Waals surface area contributed by atoms with Crippen molar-refractivity contribution in [2.24, 2.45) is 4.99 Å². The average molecular weight is 412 g/mol. The first-order valence-electron chi connectivity index (χ1n) is 10.7. The molecule has 1 saturated heterocycles. The van der Waals surface area contributed by atoms with Gasteiger partial charge in [0.1, 0.15) is 17.6 Å². The van der Waals surface area contributed by atoms with Crippen molar-refractivity contribution in [2.45, 2.75) is 31.9 Å². The first-order valence-corrected chi connectivity index (χ1v) is 10.7. The quantitative estimate of drug-likeness (QED) is 0.387. The van der Waals surface area contributed by atoms with Gasteiger partial charge in [-0.05, 0) is 29.8 Å². The minimum Gasteiger partial charge on any atom is -0.493 e. The smallest absolute Gasteiger partial charge is 0.193 e. The highest BCUT2D eigenvalue weighted by molar-refractivity contribution is 5.80. The van der Waals surface area contributed by atoms with Gasteiger partial charge in [-0.1, -0.05) is 30.3 Å². The van der Waals surface area contributed by atoms with Crippen molar-refractivity contribution < 1.29 is 14.2 Å². The van der Waals surface area contributed by atoms with Crippen LogP contribution in [0, 0.1) is 0 Å². The number of methoxy groups -OCH3 is 1. The van der Waals surface area contributed by atoms with E-state index < -0.39 is 0 Å². The summed E-state index contributed by atoms with van der Waals surface area (Å²) in [4.78, 5) is 6.78. The Balaban J connectivity index is 1.44. The number of benzene rings is 2. The van der Waals surface area contributed by atoms with E-state index in [2.05, 4.69) is 27.3 Å². The van der Waals surface area contributed by atoms with Gasteiger partial charge in [-0.25, -0.2) is 0 Å². The predicted octanol–water partition coefficient (Wildman–Crippen LogP) is 3.72. The number of hydrogen-bond acceptors (Lipinski definition) is 4. The van der Waals surface area contributed by atoms with Crippen LogP contribution in [0.2, 0.25) is 0 Å². The lowest BCUT2D eigenvalue weighted by atomic mass is 10.1. The minimum atomic E-state index is 0.258. The van der Waals surface area contributed by atoms with E-state index in [4.69, 9.17) is 14.2 Å². The molecule has 2 aromatic carbocycles. The van der Waals surface area contributed by atoms with Crippen LogP contribution in [0.3, 0.4) is 0 Å². The summed E-state index contributed by atoms with van der Waals surface area (Å²) in [5, 5.41) is 3.48. The van der Waals surface area contributed by atoms with E-state index in [-0.39, 0.29) is 6.10 Å². The molecule has 1 aliphatic rings. The topological polar surface area (TPSA) is 55.3 Å². The maximum absolute atomic E-state index is 6.10. The number of ether oxygens (including phenoxy) is 3. The molecule has 2 aromatic rings. The van der Waals surface area contributed by atoms with Gasteiger partial charge < -0.3 is 24.4 Å². The van der Waals surface area contributed by atoms with Gasteiger partial charge >= 0.3 is 0 Å². The molecule has 0 saturated carbocycles. The van der Waals surface area contributed by atoms with Gasteiger partial charge in [0, 0.05) is 59.7 Å². The van der Waals surface area contributed by atoms with Crippen LogP contribution >= 0.6 is 0 Å². The molecule has 0 aliphatic carbocycles. The van der Waals surface area contributed by atoms with Gasteiger partial charge in [-0.15, -0.1) is 0 Å². The van der Waals surface area contributed by atoms with Crippen LogP contribution in [0.25, 0.3) is 0 Å². The zero-order valence-corrected chi connectivity index (χ0v) is 18.0. The molecule has 1 fully saturated rings. The molecule has 0 aromatic heterocycles. The van der Waals surface area contributed by atoms with Crippen LogP contribution < -0.4 is 14.8 Å². The van der Waals surface area contributed by atoms with Gasteiger partial charge in [0.05, 0.1) is 6.61 Å². The highest BCUT2D eigenvalue weighted by Crippen LogP contribution is 2.19. The Bertz CT molecular complexity index is 774. The lowest BCUT2D eigenvalue weighted by Gasteiger charge is -2.34. The molecular weight excluding hydrogens is 378 g/mol. The molecule has 1 aliphatic heterocycles. The number of para-hydroxylation sites is 1. The summed E-state index contributed by atoms with van der Waals surface area (Å²) in [6.45, 7) is 3.94. The standard InChI is InChI=1S/C24H33N3O3/c1-25-24(26-19-20-8-6-11-23(18-20)29-17-7-16-28-2)27-14-12-22(13-15-27)30-21-9-4-3-5-10-21/h3-6,8-11,18,22H,7,12-17,19H2,1-2H3,(H,25,26). The molecule has 0 atom stereocenters. The summed E-state index contributed by atoms with van der Waals surface area (Å²) in [5.41, 5.74) is 1.17. The second-order valence-corrected chi connectivity index (χ2v) is 7.36. The van der Waals surface area contributed by atoms with Gasteiger partial charge in [-0.3, -0.25) is 4.99 Å². The Morgan fingerprint density at radius 1 is 1.03 bits per heavy atom. The van der Waals surface area contributed by atoms with Crippen molar-refractivity contribution in [1.82, 2.24) is 10.2 Å². The van der Waals surface area contributed by atoms with Crippen LogP contribution in [0.15, 0.2) is 59.6 Å². The molecule has 6 nitrogen and oxygen atoms in total. The van der Waals surface area contributed by atoms with E-state index >= 15 is 0 Å². The lowest BCUT2D eigenvalue weighted by molar-refractivity contribution is 0.129. The monoisotopic (exact) mass is 411 g/mol. The molecular formula is C24H33N3O3. The minimum absolute atomic E-state index is 0.258. The summed E-state index contributed by atoms with van der Waals surface area (Å²) in [7, 11) is 3.54. The Morgan fingerprint density at radius 2 is 1.80 bits per heavy atom. The first kappa shape index (κ1) is 22.0. The van der Waals surface area contributed by atoms with E-state index in [1.807, 2.05) is 49.5 Å². The van der Waals surface area contributed by atoms with E-state index in [9.17, 15) is 0 Å². The van der Waals surface area contributed by atoms with Gasteiger partial charge in [0.25, 0.3) is 0 Å². The number of guanidine groups is 1. The number of nitrogens with zero attached hydrogens (tertiary/aromatic N) is 2. The van der Waals surface area contributed by atoms with Gasteiger partial charge in [0.15, 0.2) is 5.96 Å². The van der Waals surface area contributed by atoms with Crippen molar-refractivity contribution in [1.29, 1.82) is 0 Å². The molecule has 1 heterocycles. The molecule has 0 bridgehead atoms. The highest BCUT2D eigenvalue weighted by atomic mass is 16.5. The molecule has 30 heavy (non-hydrogen) atoms. The molecule has 6 heteroatoms. The lowest BCUT2D eigenvalue weighted by Crippen LogP contribution is -2.47. The largest absolute Gasteiger partial charge is 0.493 e. The summed E-state index contributed by atoms with van der Waals surface area (Å²) in [6, 6.07) is 18.3. The molecule has 1 N–H and O–H groups in total. The predicted molar refractivity (Wildman–Crippen MR) is 120 cm³/mol. The Kier molecular flexibility index (Phi) is 8.84. The summed E-state index contributed by atoms with van der Waals surface area (Å²) in [6.07, 6.45) is 3.12. The Morgan fingerprint density at radius 3 is 2.53 bits per heavy atom. The molecule has 162 valence electrons. The van der Waals surface area contributed by atoms with Crippen LogP contribution in [-0.2, 0) is 11.3 Å². The van der Waals surface area contributed by atoms with Crippen LogP contribution in [0.4, 0.5) is 0 Å². The van der Waals surface area contributed by atoms with E-state index in [1.54, 1.807) is 7.11 Å². The Labute approximate surface area is 179 Å². The molecule has 0 amide bonds. The number of nitrogens with one attached hydrogen (secondary N) is 1. The van der Waals surface area contributed by atoms with Gasteiger partial charge in [-0.2, -0.15) is 0 Å². The zero-order chi connectivity index (χ0) is 21.0. The second kappa shape index (κ2) is 12.1. The third-order valence-corrected chi connectivity index (χ3v) is 5.11. The molecule has 0 unspecified atom stereocenters. The van der Waals surface area contributed by atoms with Gasteiger partial charge in [0.2, 0.25) is 0 Å². The average Bonchev–Trinajstić information content (AvgIpc) is 2.79. The van der Waals surface area contributed by atoms with E-state index in [0.29, 0.717) is 19.8 Å². The SMILES string of the molecule is CN=C(NCc1cccc(OCCCOC)c1)N1CCC(Oc2ccccc2)CC1. The normalized spacial score (nSPS) is 15.1. The fourth-order valence-corrected chi connectivity index (χ4v) is 3.53. The summed E-state index contributed by atoms with van der Waals surface area (Å²) >= 11 is 0. The highest BCUT2D eigenvalue weighted by Gasteiger charge is 2.22. The van der Waals surface area contributed by atoms with Crippen LogP contribution in [0.5, 0.6) is 11.5 Å². The zero-order valence-electron chi connectivity index (χ0n) is 18.0. The van der Waals surface area contributed by atoms with Crippen LogP contribution in [0.1, 0.15) is 24.8 Å². The Hall–Kier alpha value is -2.73. The number of hydrogen-bond donors (Lipinski definition) is 1. The molecule has 3 rings (SSSR count). The van der Waals surface area contributed by atoms with E-state index in [1.165, 1.54) is 5.56 Å². The van der Waals surface area contributed by atoms with E-state index in [0.717, 1.165) is 49.8 Å². The fraction of sp³-hybridized carbons (Fsp3) is 0.458. The second-order valence-electron chi connectivity index (χ2n) is 7.36. The number of rotatable bonds is 9. The summed E-state index contributed by atoms with van der Waals surface area (Å²) in [5.74, 6) is 2.77. The van der Waals surface area contributed by atoms with Crippen molar-refractivity contribution in [3.63, 3.8) is 0 Å². The third kappa shape index (κ3) is 6.95. The number of likely N-dealkylation sites (tertiary alicyclic amines) is 1. The summed E-state index contributed by atoms with van der Waals surface area (Å²) < 4.78 is 17.0. The van der Waals surface area contributed by atoms with Crippen molar-refractivity contribution >= 4 is 5.96 Å². The number of piperidine rings is 1. The molecule has 0 spiro atoms. The fourth-order valence-electron chi connectivity index (χ4n) is 3.53. The van der Waals surface area contributed by atoms with Crippen molar-refractivity contribution in [3.8, 4) is 11.5 Å². The first-order chi connectivity index (χ1) is 14.8. The van der Waals surface area contributed by atoms with Crippen LogP contribution in [-0.4, -0.2) is 57.4 Å². The van der Waals surface area contributed by atoms with Crippen molar-refractivity contribution in [2.75, 3.05) is 40.5 Å². The maximum atomic E-state index is 6.10. The van der Waals surface area contributed by atoms with Crippen molar-refractivity contribution in [3.05, 3.63) is 60.2 Å².